The summed E-state index contributed by atoms with van der Waals surface area (Å²) in [4.78, 5) is 0. The first-order chi connectivity index (χ1) is 3.71. The van der Waals surface area contributed by atoms with Gasteiger partial charge in [-0.1, -0.05) is 0 Å². The van der Waals surface area contributed by atoms with E-state index in [9.17, 15) is 17.7 Å². The van der Waals surface area contributed by atoms with E-state index in [4.69, 9.17) is 0 Å². The lowest BCUT2D eigenvalue weighted by atomic mass is 10.8. The lowest BCUT2D eigenvalue weighted by molar-refractivity contribution is -0.106. The molecular weight excluding hydrogens is 199 g/mol. The van der Waals surface area contributed by atoms with Crippen LogP contribution >= 0.6 is 28.3 Å². The average Bonchev–Trinajstić information content (AvgIpc) is 1.14. The van der Waals surface area contributed by atoms with Crippen LogP contribution in [-0.4, -0.2) is 12.3 Å². The summed E-state index contributed by atoms with van der Waals surface area (Å²) in [5, 5.41) is 0. The van der Waals surface area contributed by atoms with Gasteiger partial charge in [-0.25, -0.2) is 0 Å². The van der Waals surface area contributed by atoms with Crippen molar-refractivity contribution in [1.29, 1.82) is 0 Å². The molecule has 0 aromatic heterocycles. The van der Waals surface area contributed by atoms with Gasteiger partial charge >= 0.3 is 6.18 Å². The number of rotatable bonds is 1. The van der Waals surface area contributed by atoms with Crippen LogP contribution in [0.1, 0.15) is 0 Å². The van der Waals surface area contributed by atoms with E-state index in [1.165, 1.54) is 0 Å². The van der Waals surface area contributed by atoms with Gasteiger partial charge in [0.2, 0.25) is 0 Å². The van der Waals surface area contributed by atoms with Gasteiger partial charge in [0, 0.05) is 0 Å². The molecule has 0 amide bonds. The Bertz CT molecular complexity index is 137. The molecule has 0 aliphatic heterocycles. The molecule has 9 heavy (non-hydrogen) atoms. The maximum atomic E-state index is 11.2. The van der Waals surface area contributed by atoms with E-state index in [1.807, 2.05) is 0 Å². The van der Waals surface area contributed by atoms with Crippen molar-refractivity contribution < 1.29 is 17.7 Å². The number of hydrogen-bond acceptors (Lipinski definition) is 1. The highest BCUT2D eigenvalue weighted by Gasteiger charge is 2.36. The summed E-state index contributed by atoms with van der Waals surface area (Å²) in [5.74, 6) is -3.97. The lowest BCUT2D eigenvalue weighted by Gasteiger charge is -2.04. The van der Waals surface area contributed by atoms with Crippen molar-refractivity contribution in [3.05, 3.63) is 0 Å². The Hall–Kier alpha value is 0.600. The van der Waals surface area contributed by atoms with Gasteiger partial charge in [0.15, 0.2) is 0 Å². The first kappa shape index (κ1) is 9.60. The molecule has 0 saturated heterocycles. The third kappa shape index (κ3) is 8.60. The van der Waals surface area contributed by atoms with Gasteiger partial charge in [-0.2, -0.15) is 13.2 Å². The first-order valence-corrected chi connectivity index (χ1v) is 5.46. The summed E-state index contributed by atoms with van der Waals surface area (Å²) in [6, 6.07) is 0. The SMILES string of the molecule is O=P(Cl)(Cl)CC(F)(F)F. The van der Waals surface area contributed by atoms with Crippen LogP contribution in [0.25, 0.3) is 0 Å². The lowest BCUT2D eigenvalue weighted by Crippen LogP contribution is -2.10. The number of halogens is 5. The van der Waals surface area contributed by atoms with Gasteiger partial charge in [0.1, 0.15) is 6.16 Å². The first-order valence-electron chi connectivity index (χ1n) is 1.76. The summed E-state index contributed by atoms with van der Waals surface area (Å²) < 4.78 is 43.7. The van der Waals surface area contributed by atoms with Crippen LogP contribution in [0.2, 0.25) is 0 Å². The van der Waals surface area contributed by atoms with Crippen LogP contribution in [-0.2, 0) is 4.57 Å². The van der Waals surface area contributed by atoms with E-state index in [1.54, 1.807) is 0 Å². The third-order valence-electron chi connectivity index (χ3n) is 0.363. The highest BCUT2D eigenvalue weighted by Crippen LogP contribution is 2.59. The molecular formula is C2H2Cl2F3OP. The molecule has 0 saturated carbocycles. The Morgan fingerprint density at radius 2 is 1.67 bits per heavy atom. The molecule has 56 valence electrons. The highest BCUT2D eigenvalue weighted by atomic mass is 35.9. The molecule has 0 aromatic rings. The summed E-state index contributed by atoms with van der Waals surface area (Å²) in [6.07, 6.45) is -6.16. The Morgan fingerprint density at radius 1 is 1.33 bits per heavy atom. The number of hydrogen-bond donors (Lipinski definition) is 0. The van der Waals surface area contributed by atoms with Gasteiger partial charge in [-0.15, -0.1) is 0 Å². The summed E-state index contributed by atoms with van der Waals surface area (Å²) in [5.41, 5.74) is 0. The average molecular weight is 201 g/mol. The fourth-order valence-corrected chi connectivity index (χ4v) is 1.44. The molecule has 0 spiro atoms. The van der Waals surface area contributed by atoms with Crippen molar-refractivity contribution in [2.75, 3.05) is 6.16 Å². The Balaban J connectivity index is 3.90. The van der Waals surface area contributed by atoms with Crippen molar-refractivity contribution in [3.63, 3.8) is 0 Å². The van der Waals surface area contributed by atoms with E-state index < -0.39 is 18.2 Å². The Morgan fingerprint density at radius 3 is 1.67 bits per heavy atom. The summed E-state index contributed by atoms with van der Waals surface area (Å²) in [7, 11) is 0. The second-order valence-electron chi connectivity index (χ2n) is 1.34. The van der Waals surface area contributed by atoms with Gasteiger partial charge < -0.3 is 0 Å². The fourth-order valence-electron chi connectivity index (χ4n) is 0.209. The van der Waals surface area contributed by atoms with E-state index in [-0.39, 0.29) is 0 Å². The molecule has 0 radical (unpaired) electrons. The zero-order valence-corrected chi connectivity index (χ0v) is 6.36. The molecule has 0 heterocycles. The zero-order valence-electron chi connectivity index (χ0n) is 3.95. The van der Waals surface area contributed by atoms with Crippen LogP contribution in [0.5, 0.6) is 0 Å². The minimum Gasteiger partial charge on any atom is -0.289 e. The predicted octanol–water partition coefficient (Wildman–Crippen LogP) is 3.22. The van der Waals surface area contributed by atoms with E-state index in [2.05, 4.69) is 22.5 Å². The van der Waals surface area contributed by atoms with Crippen molar-refractivity contribution >= 4 is 28.3 Å². The monoisotopic (exact) mass is 200 g/mol. The highest BCUT2D eigenvalue weighted by molar-refractivity contribution is 8.08. The molecule has 7 heteroatoms. The molecule has 0 N–H and O–H groups in total. The van der Waals surface area contributed by atoms with Crippen molar-refractivity contribution in [2.24, 2.45) is 0 Å². The van der Waals surface area contributed by atoms with E-state index in [0.29, 0.717) is 0 Å². The second-order valence-corrected chi connectivity index (χ2v) is 6.60. The molecule has 0 fully saturated rings. The molecule has 0 aromatic carbocycles. The third-order valence-corrected chi connectivity index (χ3v) is 1.81. The molecule has 0 aliphatic rings. The second kappa shape index (κ2) is 2.69. The van der Waals surface area contributed by atoms with Crippen molar-refractivity contribution in [1.82, 2.24) is 0 Å². The quantitative estimate of drug-likeness (QED) is 0.595. The Labute approximate surface area is 59.1 Å². The minimum absolute atomic E-state index is 1.62. The zero-order chi connectivity index (χ0) is 7.71. The van der Waals surface area contributed by atoms with Gasteiger partial charge in [0.05, 0.1) is 0 Å². The Kier molecular flexibility index (Phi) is 2.86. The van der Waals surface area contributed by atoms with E-state index >= 15 is 0 Å². The maximum absolute atomic E-state index is 11.2. The van der Waals surface area contributed by atoms with Crippen molar-refractivity contribution in [3.8, 4) is 0 Å². The largest absolute Gasteiger partial charge is 0.398 e. The smallest absolute Gasteiger partial charge is 0.289 e. The summed E-state index contributed by atoms with van der Waals surface area (Å²) >= 11 is 9.24. The number of alkyl halides is 3. The van der Waals surface area contributed by atoms with Crippen LogP contribution < -0.4 is 0 Å². The standard InChI is InChI=1S/C2H2Cl2F3OP/c3-9(4,8)1-2(5,6)7/h1H2. The van der Waals surface area contributed by atoms with Gasteiger partial charge in [-0.3, -0.25) is 4.57 Å². The predicted molar refractivity (Wildman–Crippen MR) is 30.2 cm³/mol. The molecule has 0 atom stereocenters. The molecule has 0 rings (SSSR count). The topological polar surface area (TPSA) is 17.1 Å². The van der Waals surface area contributed by atoms with Crippen LogP contribution in [0.4, 0.5) is 13.2 Å². The maximum Gasteiger partial charge on any atom is 0.398 e. The normalized spacial score (nSPS) is 13.9. The van der Waals surface area contributed by atoms with Crippen LogP contribution in [0, 0.1) is 0 Å². The van der Waals surface area contributed by atoms with Crippen LogP contribution in [0.3, 0.4) is 0 Å². The molecule has 1 nitrogen and oxygen atoms in total. The van der Waals surface area contributed by atoms with Crippen LogP contribution in [0.15, 0.2) is 0 Å². The molecule has 0 bridgehead atoms. The summed E-state index contributed by atoms with van der Waals surface area (Å²) in [6.45, 7) is 0. The van der Waals surface area contributed by atoms with E-state index in [0.717, 1.165) is 0 Å². The molecule has 0 aliphatic carbocycles. The fraction of sp³-hybridized carbons (Fsp3) is 1.00. The van der Waals surface area contributed by atoms with Crippen molar-refractivity contribution in [2.45, 2.75) is 6.18 Å². The minimum atomic E-state index is -4.54. The van der Waals surface area contributed by atoms with Gasteiger partial charge in [0.25, 0.3) is 5.85 Å². The molecule has 0 unspecified atom stereocenters. The van der Waals surface area contributed by atoms with Gasteiger partial charge in [-0.05, 0) is 22.5 Å².